The molecule has 30 heavy (non-hydrogen) atoms. The van der Waals surface area contributed by atoms with Gasteiger partial charge in [-0.15, -0.1) is 0 Å². The third-order valence-electron chi connectivity index (χ3n) is 3.73. The van der Waals surface area contributed by atoms with Crippen molar-refractivity contribution in [2.75, 3.05) is 13.1 Å². The van der Waals surface area contributed by atoms with Gasteiger partial charge in [-0.2, -0.15) is 0 Å². The summed E-state index contributed by atoms with van der Waals surface area (Å²) in [6, 6.07) is -3.20. The second-order valence-electron chi connectivity index (χ2n) is 6.48. The average Bonchev–Trinajstić information content (AvgIpc) is 2.64. The lowest BCUT2D eigenvalue weighted by Gasteiger charge is -2.20. The number of aliphatic imine (C=N–C) groups is 1. The molecule has 0 aromatic carbocycles. The molecule has 12 N–H and O–H groups in total. The maximum Gasteiger partial charge on any atom is 0.326 e. The molecule has 4 amide bonds. The van der Waals surface area contributed by atoms with Gasteiger partial charge in [0.25, 0.3) is 0 Å². The second kappa shape index (κ2) is 13.7. The molecule has 3 unspecified atom stereocenters. The standard InChI is InChI=1S/C16H30N8O6/c1-8(17)13(27)24-9(3-2-6-21-16(19)20)14(28)22-7-12(26)23-10(15(29)30)4-5-11(18)25/h8-10H,2-7,17H2,1H3,(H2,18,25)(H,22,28)(H,23,26)(H,24,27)(H,29,30)(H4,19,20,21). The van der Waals surface area contributed by atoms with Gasteiger partial charge in [0.2, 0.25) is 23.6 Å². The van der Waals surface area contributed by atoms with Crippen LogP contribution in [0.5, 0.6) is 0 Å². The minimum Gasteiger partial charge on any atom is -0.480 e. The monoisotopic (exact) mass is 430 g/mol. The molecule has 0 aliphatic heterocycles. The highest BCUT2D eigenvalue weighted by Gasteiger charge is 2.24. The maximum absolute atomic E-state index is 12.4. The van der Waals surface area contributed by atoms with Crippen LogP contribution in [0, 0.1) is 0 Å². The molecule has 0 aliphatic carbocycles. The van der Waals surface area contributed by atoms with Crippen LogP contribution in [0.15, 0.2) is 4.99 Å². The molecule has 14 nitrogen and oxygen atoms in total. The first-order chi connectivity index (χ1) is 13.9. The molecule has 0 fully saturated rings. The highest BCUT2D eigenvalue weighted by molar-refractivity contribution is 5.92. The van der Waals surface area contributed by atoms with Crippen LogP contribution in [0.1, 0.15) is 32.6 Å². The molecule has 0 aliphatic rings. The predicted molar refractivity (Wildman–Crippen MR) is 106 cm³/mol. The van der Waals surface area contributed by atoms with E-state index in [0.717, 1.165) is 0 Å². The van der Waals surface area contributed by atoms with E-state index < -0.39 is 54.3 Å². The van der Waals surface area contributed by atoms with Crippen LogP contribution in [0.25, 0.3) is 0 Å². The number of carboxylic acid groups (broad SMARTS) is 1. The molecule has 170 valence electrons. The molecule has 0 aromatic rings. The van der Waals surface area contributed by atoms with Crippen molar-refractivity contribution in [2.45, 2.75) is 50.7 Å². The Balaban J connectivity index is 4.80. The number of aliphatic carboxylic acids is 1. The molecule has 14 heteroatoms. The van der Waals surface area contributed by atoms with Gasteiger partial charge >= 0.3 is 5.97 Å². The Morgan fingerprint density at radius 2 is 1.60 bits per heavy atom. The molecule has 0 saturated carbocycles. The Bertz CT molecular complexity index is 662. The summed E-state index contributed by atoms with van der Waals surface area (Å²) in [5, 5.41) is 16.0. The number of nitrogens with one attached hydrogen (secondary N) is 3. The zero-order valence-electron chi connectivity index (χ0n) is 16.7. The summed E-state index contributed by atoms with van der Waals surface area (Å²) in [6.45, 7) is 1.12. The predicted octanol–water partition coefficient (Wildman–Crippen LogP) is -4.18. The van der Waals surface area contributed by atoms with Gasteiger partial charge < -0.3 is 44.0 Å². The largest absolute Gasteiger partial charge is 0.480 e. The molecule has 0 heterocycles. The van der Waals surface area contributed by atoms with E-state index in [1.165, 1.54) is 6.92 Å². The Labute approximate surface area is 173 Å². The number of primary amides is 1. The summed E-state index contributed by atoms with van der Waals surface area (Å²) in [4.78, 5) is 61.8. The number of nitrogens with two attached hydrogens (primary N) is 4. The summed E-state index contributed by atoms with van der Waals surface area (Å²) >= 11 is 0. The van der Waals surface area contributed by atoms with E-state index in [2.05, 4.69) is 20.9 Å². The zero-order valence-corrected chi connectivity index (χ0v) is 16.7. The first-order valence-corrected chi connectivity index (χ1v) is 9.13. The van der Waals surface area contributed by atoms with Crippen LogP contribution in [0.2, 0.25) is 0 Å². The lowest BCUT2D eigenvalue weighted by molar-refractivity contribution is -0.142. The van der Waals surface area contributed by atoms with Gasteiger partial charge in [0.15, 0.2) is 5.96 Å². The third kappa shape index (κ3) is 12.1. The maximum atomic E-state index is 12.4. The van der Waals surface area contributed by atoms with E-state index in [-0.39, 0.29) is 31.8 Å². The Hall–Kier alpha value is -3.42. The fourth-order valence-electron chi connectivity index (χ4n) is 2.16. The summed E-state index contributed by atoms with van der Waals surface area (Å²) in [5.41, 5.74) is 20.9. The fraction of sp³-hybridized carbons (Fsp3) is 0.625. The van der Waals surface area contributed by atoms with Crippen molar-refractivity contribution in [3.05, 3.63) is 0 Å². The fourth-order valence-corrected chi connectivity index (χ4v) is 2.16. The topological polar surface area (TPSA) is 258 Å². The lowest BCUT2D eigenvalue weighted by atomic mass is 10.1. The van der Waals surface area contributed by atoms with Crippen molar-refractivity contribution in [1.29, 1.82) is 0 Å². The molecule has 0 spiro atoms. The van der Waals surface area contributed by atoms with Gasteiger partial charge in [0.1, 0.15) is 12.1 Å². The summed E-state index contributed by atoms with van der Waals surface area (Å²) in [6.07, 6.45) is 0.0989. The van der Waals surface area contributed by atoms with Crippen LogP contribution in [0.3, 0.4) is 0 Å². The van der Waals surface area contributed by atoms with E-state index >= 15 is 0 Å². The second-order valence-corrected chi connectivity index (χ2v) is 6.48. The van der Waals surface area contributed by atoms with Crippen LogP contribution >= 0.6 is 0 Å². The van der Waals surface area contributed by atoms with Crippen molar-refractivity contribution >= 4 is 35.6 Å². The van der Waals surface area contributed by atoms with Crippen LogP contribution < -0.4 is 38.9 Å². The van der Waals surface area contributed by atoms with Crippen LogP contribution in [0.4, 0.5) is 0 Å². The molecule has 0 rings (SSSR count). The number of carbonyl (C=O) groups is 5. The first kappa shape index (κ1) is 26.6. The van der Waals surface area contributed by atoms with Crippen molar-refractivity contribution in [3.63, 3.8) is 0 Å². The number of hydrogen-bond donors (Lipinski definition) is 8. The van der Waals surface area contributed by atoms with Crippen LogP contribution in [-0.2, 0) is 24.0 Å². The molecular formula is C16H30N8O6. The molecule has 0 aromatic heterocycles. The quantitative estimate of drug-likeness (QED) is 0.0753. The van der Waals surface area contributed by atoms with Crippen molar-refractivity contribution < 1.29 is 29.1 Å². The Kier molecular flexibility index (Phi) is 12.1. The number of carboxylic acids is 1. The van der Waals surface area contributed by atoms with Gasteiger partial charge in [0.05, 0.1) is 12.6 Å². The van der Waals surface area contributed by atoms with Crippen LogP contribution in [-0.4, -0.2) is 71.9 Å². The van der Waals surface area contributed by atoms with Gasteiger partial charge in [-0.25, -0.2) is 4.79 Å². The van der Waals surface area contributed by atoms with Crippen molar-refractivity contribution in [1.82, 2.24) is 16.0 Å². The average molecular weight is 430 g/mol. The third-order valence-corrected chi connectivity index (χ3v) is 3.73. The van der Waals surface area contributed by atoms with E-state index in [4.69, 9.17) is 28.0 Å². The number of rotatable bonds is 14. The summed E-state index contributed by atoms with van der Waals surface area (Å²) in [5.74, 6) is -4.21. The van der Waals surface area contributed by atoms with E-state index in [1.54, 1.807) is 0 Å². The number of nitrogens with zero attached hydrogens (tertiary/aromatic N) is 1. The first-order valence-electron chi connectivity index (χ1n) is 9.13. The van der Waals surface area contributed by atoms with Gasteiger partial charge in [0, 0.05) is 13.0 Å². The van der Waals surface area contributed by atoms with Gasteiger partial charge in [-0.1, -0.05) is 0 Å². The van der Waals surface area contributed by atoms with Gasteiger partial charge in [-0.05, 0) is 26.2 Å². The van der Waals surface area contributed by atoms with Crippen molar-refractivity contribution in [3.8, 4) is 0 Å². The molecule has 3 atom stereocenters. The highest BCUT2D eigenvalue weighted by atomic mass is 16.4. The summed E-state index contributed by atoms with van der Waals surface area (Å²) in [7, 11) is 0. The SMILES string of the molecule is CC(N)C(=O)NC(CCCN=C(N)N)C(=O)NCC(=O)NC(CCC(N)=O)C(=O)O. The minimum absolute atomic E-state index is 0.114. The Morgan fingerprint density at radius 1 is 0.967 bits per heavy atom. The molecule has 0 bridgehead atoms. The highest BCUT2D eigenvalue weighted by Crippen LogP contribution is 2.00. The van der Waals surface area contributed by atoms with E-state index in [1.807, 2.05) is 0 Å². The minimum atomic E-state index is -1.35. The molecular weight excluding hydrogens is 400 g/mol. The van der Waals surface area contributed by atoms with E-state index in [9.17, 15) is 24.0 Å². The number of carbonyl (C=O) groups excluding carboxylic acids is 4. The summed E-state index contributed by atoms with van der Waals surface area (Å²) < 4.78 is 0. The smallest absolute Gasteiger partial charge is 0.326 e. The number of guanidine groups is 1. The van der Waals surface area contributed by atoms with Crippen molar-refractivity contribution in [2.24, 2.45) is 27.9 Å². The van der Waals surface area contributed by atoms with Gasteiger partial charge in [-0.3, -0.25) is 24.2 Å². The molecule has 0 saturated heterocycles. The Morgan fingerprint density at radius 3 is 2.10 bits per heavy atom. The number of hydrogen-bond acceptors (Lipinski definition) is 7. The number of amides is 4. The van der Waals surface area contributed by atoms with E-state index in [0.29, 0.717) is 6.42 Å². The normalized spacial score (nSPS) is 13.3. The molecule has 0 radical (unpaired) electrons. The zero-order chi connectivity index (χ0) is 23.3. The lowest BCUT2D eigenvalue weighted by Crippen LogP contribution is -2.53.